The Morgan fingerprint density at radius 2 is 1.83 bits per heavy atom. The largest absolute Gasteiger partial charge is 0.489 e. The fourth-order valence-corrected chi connectivity index (χ4v) is 6.05. The van der Waals surface area contributed by atoms with E-state index in [0.29, 0.717) is 23.4 Å². The van der Waals surface area contributed by atoms with Gasteiger partial charge in [-0.05, 0) is 62.2 Å². The van der Waals surface area contributed by atoms with E-state index in [2.05, 4.69) is 0 Å². The van der Waals surface area contributed by atoms with Crippen LogP contribution in [0.2, 0.25) is 0 Å². The van der Waals surface area contributed by atoms with E-state index in [1.807, 2.05) is 11.5 Å². The average Bonchev–Trinajstić information content (AvgIpc) is 3.34. The van der Waals surface area contributed by atoms with Crippen molar-refractivity contribution in [1.82, 2.24) is 4.57 Å². The maximum atomic E-state index is 13.0. The first-order valence-electron chi connectivity index (χ1n) is 11.2. The molecular formula is C26H26FNO6S. The van der Waals surface area contributed by atoms with Crippen molar-refractivity contribution in [3.8, 4) is 5.75 Å². The molecule has 2 aromatic carbocycles. The van der Waals surface area contributed by atoms with E-state index < -0.39 is 22.4 Å². The van der Waals surface area contributed by atoms with Gasteiger partial charge in [0.25, 0.3) is 0 Å². The maximum Gasteiger partial charge on any atom is 0.338 e. The molecule has 7 nitrogen and oxygen atoms in total. The Bertz CT molecular complexity index is 1360. The highest BCUT2D eigenvalue weighted by molar-refractivity contribution is 7.91. The molecule has 0 radical (unpaired) electrons. The quantitative estimate of drug-likeness (QED) is 0.340. The van der Waals surface area contributed by atoms with Crippen LogP contribution in [0.5, 0.6) is 5.75 Å². The smallest absolute Gasteiger partial charge is 0.338 e. The van der Waals surface area contributed by atoms with Crippen molar-refractivity contribution >= 4 is 21.6 Å². The number of aryl methyl sites for hydroxylation is 1. The molecule has 2 heterocycles. The Hall–Kier alpha value is -3.46. The Kier molecular flexibility index (Phi) is 7.07. The number of ether oxygens (including phenoxy) is 2. The molecule has 3 aromatic rings. The summed E-state index contributed by atoms with van der Waals surface area (Å²) < 4.78 is 49.6. The summed E-state index contributed by atoms with van der Waals surface area (Å²) >= 11 is 0. The molecule has 184 valence electrons. The summed E-state index contributed by atoms with van der Waals surface area (Å²) in [7, 11) is -3.07. The summed E-state index contributed by atoms with van der Waals surface area (Å²) in [6, 6.07) is 13.8. The van der Waals surface area contributed by atoms with Crippen LogP contribution in [-0.2, 0) is 21.2 Å². The minimum atomic E-state index is -3.07. The lowest BCUT2D eigenvalue weighted by Crippen LogP contribution is -2.17. The number of hydrogen-bond acceptors (Lipinski definition) is 6. The number of sulfone groups is 1. The molecule has 1 atom stereocenters. The van der Waals surface area contributed by atoms with Gasteiger partial charge in [-0.2, -0.15) is 0 Å². The van der Waals surface area contributed by atoms with Crippen LogP contribution in [0.1, 0.15) is 50.1 Å². The molecule has 0 saturated carbocycles. The zero-order valence-corrected chi connectivity index (χ0v) is 20.3. The Balaban J connectivity index is 1.37. The van der Waals surface area contributed by atoms with E-state index in [9.17, 15) is 22.4 Å². The van der Waals surface area contributed by atoms with Crippen molar-refractivity contribution in [2.24, 2.45) is 0 Å². The number of hydrogen-bond donors (Lipinski definition) is 0. The summed E-state index contributed by atoms with van der Waals surface area (Å²) in [4.78, 5) is 25.3. The van der Waals surface area contributed by atoms with Gasteiger partial charge in [-0.1, -0.05) is 18.2 Å². The van der Waals surface area contributed by atoms with E-state index in [1.165, 1.54) is 18.2 Å². The standard InChI is InChI=1S/C26H26FNO6S/c1-17-12-24(18(2)28(17)22-10-11-35(31,32)16-22)25(29)15-34-26(30)20-4-3-5-23(13-20)33-14-19-6-8-21(27)9-7-19/h3-9,12-13,22H,10-11,14-16H2,1-2H3. The van der Waals surface area contributed by atoms with Crippen LogP contribution in [0.3, 0.4) is 0 Å². The molecule has 35 heavy (non-hydrogen) atoms. The van der Waals surface area contributed by atoms with Gasteiger partial charge in [-0.3, -0.25) is 4.79 Å². The number of Topliss-reactive ketones (excluding diaryl/α,β-unsaturated/α-hetero) is 1. The number of aromatic nitrogens is 1. The van der Waals surface area contributed by atoms with Crippen LogP contribution in [0.25, 0.3) is 0 Å². The van der Waals surface area contributed by atoms with Crippen molar-refractivity contribution < 1.29 is 31.9 Å². The van der Waals surface area contributed by atoms with Crippen LogP contribution < -0.4 is 4.74 Å². The highest BCUT2D eigenvalue weighted by Crippen LogP contribution is 2.29. The van der Waals surface area contributed by atoms with Crippen LogP contribution in [0.15, 0.2) is 54.6 Å². The van der Waals surface area contributed by atoms with Gasteiger partial charge in [-0.15, -0.1) is 0 Å². The number of halogens is 1. The van der Waals surface area contributed by atoms with Crippen LogP contribution in [0.4, 0.5) is 4.39 Å². The second-order valence-electron chi connectivity index (χ2n) is 8.65. The molecule has 1 saturated heterocycles. The third kappa shape index (κ3) is 5.79. The van der Waals surface area contributed by atoms with Gasteiger partial charge < -0.3 is 14.0 Å². The lowest BCUT2D eigenvalue weighted by Gasteiger charge is -2.16. The first-order chi connectivity index (χ1) is 16.6. The molecule has 1 aromatic heterocycles. The van der Waals surface area contributed by atoms with Crippen LogP contribution in [0, 0.1) is 19.7 Å². The summed E-state index contributed by atoms with van der Waals surface area (Å²) in [6.45, 7) is 3.37. The molecule has 9 heteroatoms. The van der Waals surface area contributed by atoms with Gasteiger partial charge in [0.05, 0.1) is 17.1 Å². The minimum absolute atomic E-state index is 0.0611. The van der Waals surface area contributed by atoms with Crippen LogP contribution >= 0.6 is 0 Å². The minimum Gasteiger partial charge on any atom is -0.489 e. The van der Waals surface area contributed by atoms with Gasteiger partial charge in [0.15, 0.2) is 16.4 Å². The summed E-state index contributed by atoms with van der Waals surface area (Å²) in [5.41, 5.74) is 2.89. The molecule has 0 bridgehead atoms. The average molecular weight is 500 g/mol. The highest BCUT2D eigenvalue weighted by Gasteiger charge is 2.31. The molecule has 1 aliphatic heterocycles. The third-order valence-electron chi connectivity index (χ3n) is 6.08. The molecule has 0 N–H and O–H groups in total. The number of carbonyl (C=O) groups is 2. The number of carbonyl (C=O) groups excluding carboxylic acids is 2. The molecule has 1 fully saturated rings. The fourth-order valence-electron chi connectivity index (χ4n) is 4.35. The first-order valence-corrected chi connectivity index (χ1v) is 13.0. The summed E-state index contributed by atoms with van der Waals surface area (Å²) in [6.07, 6.45) is 0.515. The Morgan fingerprint density at radius 1 is 1.09 bits per heavy atom. The number of nitrogens with zero attached hydrogens (tertiary/aromatic N) is 1. The Morgan fingerprint density at radius 3 is 2.51 bits per heavy atom. The van der Waals surface area contributed by atoms with E-state index in [-0.39, 0.29) is 41.3 Å². The fraction of sp³-hybridized carbons (Fsp3) is 0.308. The van der Waals surface area contributed by atoms with E-state index >= 15 is 0 Å². The van der Waals surface area contributed by atoms with Gasteiger partial charge in [-0.25, -0.2) is 17.6 Å². The highest BCUT2D eigenvalue weighted by atomic mass is 32.2. The molecule has 0 aliphatic carbocycles. The lowest BCUT2D eigenvalue weighted by atomic mass is 10.1. The lowest BCUT2D eigenvalue weighted by molar-refractivity contribution is 0.0474. The zero-order chi connectivity index (χ0) is 25.2. The SMILES string of the molecule is Cc1cc(C(=O)COC(=O)c2cccc(OCc3ccc(F)cc3)c2)c(C)n1C1CCS(=O)(=O)C1. The third-order valence-corrected chi connectivity index (χ3v) is 7.83. The molecular weight excluding hydrogens is 473 g/mol. The molecule has 1 aliphatic rings. The zero-order valence-electron chi connectivity index (χ0n) is 19.5. The number of ketones is 1. The molecule has 0 spiro atoms. The van der Waals surface area contributed by atoms with Gasteiger partial charge in [0.2, 0.25) is 5.78 Å². The molecule has 4 rings (SSSR count). The van der Waals surface area contributed by atoms with Gasteiger partial charge >= 0.3 is 5.97 Å². The topological polar surface area (TPSA) is 91.7 Å². The second-order valence-corrected chi connectivity index (χ2v) is 10.9. The van der Waals surface area contributed by atoms with Crippen molar-refractivity contribution in [3.05, 3.63) is 88.5 Å². The van der Waals surface area contributed by atoms with Crippen molar-refractivity contribution in [2.75, 3.05) is 18.1 Å². The Labute approximate surface area is 203 Å². The normalized spacial score (nSPS) is 16.7. The monoisotopic (exact) mass is 499 g/mol. The molecule has 0 amide bonds. The first kappa shape index (κ1) is 24.7. The number of esters is 1. The summed E-state index contributed by atoms with van der Waals surface area (Å²) in [5.74, 6) is -0.719. The van der Waals surface area contributed by atoms with E-state index in [1.54, 1.807) is 43.3 Å². The van der Waals surface area contributed by atoms with Crippen molar-refractivity contribution in [2.45, 2.75) is 32.9 Å². The predicted octanol–water partition coefficient (Wildman–Crippen LogP) is 4.22. The molecule has 1 unspecified atom stereocenters. The van der Waals surface area contributed by atoms with E-state index in [0.717, 1.165) is 11.3 Å². The predicted molar refractivity (Wildman–Crippen MR) is 128 cm³/mol. The van der Waals surface area contributed by atoms with Crippen molar-refractivity contribution in [3.63, 3.8) is 0 Å². The summed E-state index contributed by atoms with van der Waals surface area (Å²) in [5, 5.41) is 0. The number of benzene rings is 2. The van der Waals surface area contributed by atoms with Gasteiger partial charge in [0, 0.05) is 23.0 Å². The van der Waals surface area contributed by atoms with Crippen molar-refractivity contribution in [1.29, 1.82) is 0 Å². The van der Waals surface area contributed by atoms with Gasteiger partial charge in [0.1, 0.15) is 18.2 Å². The second kappa shape index (κ2) is 10.0. The van der Waals surface area contributed by atoms with Crippen LogP contribution in [-0.4, -0.2) is 42.9 Å². The maximum absolute atomic E-state index is 13.0. The van der Waals surface area contributed by atoms with E-state index in [4.69, 9.17) is 9.47 Å². The number of rotatable bonds is 8.